The molecule has 1 N–H and O–H groups in total. The van der Waals surface area contributed by atoms with Crippen LogP contribution in [0.1, 0.15) is 5.69 Å². The number of rotatable bonds is 1. The molecule has 0 fully saturated rings. The van der Waals surface area contributed by atoms with Crippen LogP contribution >= 0.6 is 0 Å². The van der Waals surface area contributed by atoms with E-state index < -0.39 is 0 Å². The van der Waals surface area contributed by atoms with E-state index in [9.17, 15) is 0 Å². The van der Waals surface area contributed by atoms with Crippen LogP contribution in [0.2, 0.25) is 0 Å². The van der Waals surface area contributed by atoms with Crippen molar-refractivity contribution in [1.82, 2.24) is 9.97 Å². The molecule has 0 amide bonds. The molecule has 1 aromatic rings. The van der Waals surface area contributed by atoms with Gasteiger partial charge >= 0.3 is 0 Å². The van der Waals surface area contributed by atoms with Crippen molar-refractivity contribution in [3.8, 4) is 0 Å². The fraction of sp³-hybridized carbons (Fsp3) is 0.250. The first-order chi connectivity index (χ1) is 3.43. The van der Waals surface area contributed by atoms with Gasteiger partial charge in [0.15, 0.2) is 0 Å². The zero-order valence-corrected chi connectivity index (χ0v) is 7.95. The number of H-pyrrole nitrogens is 1. The largest absolute Gasteiger partial charge is 0.787 e. The van der Waals surface area contributed by atoms with Gasteiger partial charge in [0.25, 0.3) is 0 Å². The Kier molecular flexibility index (Phi) is 4.91. The summed E-state index contributed by atoms with van der Waals surface area (Å²) in [6.07, 6.45) is 3.36. The molecule has 0 saturated heterocycles. The summed E-state index contributed by atoms with van der Waals surface area (Å²) in [5.74, 6) is 0.625. The summed E-state index contributed by atoms with van der Waals surface area (Å²) in [4.78, 5) is 6.64. The number of hydrogen-bond donors (Lipinski definition) is 1. The van der Waals surface area contributed by atoms with E-state index in [0.29, 0.717) is 5.75 Å². The van der Waals surface area contributed by atoms with Crippen LogP contribution in [-0.4, -0.2) is 9.97 Å². The Hall–Kier alpha value is 0.664. The summed E-state index contributed by atoms with van der Waals surface area (Å²) >= 11 is 4.70. The van der Waals surface area contributed by atoms with Crippen molar-refractivity contribution >= 4 is 12.6 Å². The van der Waals surface area contributed by atoms with E-state index in [1.54, 1.807) is 12.5 Å². The zero-order valence-electron chi connectivity index (χ0n) is 4.29. The average Bonchev–Trinajstić information content (AvgIpc) is 2.14. The monoisotopic (exact) mass is 202 g/mol. The zero-order chi connectivity index (χ0) is 5.11. The minimum atomic E-state index is 0. The maximum Gasteiger partial charge on any atom is 0.0921 e. The molecule has 0 aliphatic carbocycles. The van der Waals surface area contributed by atoms with Gasteiger partial charge in [-0.1, -0.05) is 0 Å². The number of imidazole rings is 1. The molecule has 8 heavy (non-hydrogen) atoms. The first-order valence-electron chi connectivity index (χ1n) is 1.99. The predicted octanol–water partition coefficient (Wildman–Crippen LogP) is 0.454. The molecule has 1 radical (unpaired) electrons. The Morgan fingerprint density at radius 2 is 2.50 bits per heavy atom. The SMILES string of the molecule is [S-]Cc1cnc[nH]1.[Y]. The summed E-state index contributed by atoms with van der Waals surface area (Å²) in [6, 6.07) is 0. The van der Waals surface area contributed by atoms with Gasteiger partial charge in [-0.15, -0.1) is 5.75 Å². The van der Waals surface area contributed by atoms with Gasteiger partial charge in [-0.3, -0.25) is 0 Å². The van der Waals surface area contributed by atoms with E-state index in [-0.39, 0.29) is 32.7 Å². The third kappa shape index (κ3) is 2.29. The van der Waals surface area contributed by atoms with Crippen molar-refractivity contribution in [3.63, 3.8) is 0 Å². The van der Waals surface area contributed by atoms with Crippen LogP contribution < -0.4 is 0 Å². The van der Waals surface area contributed by atoms with Gasteiger partial charge < -0.3 is 17.6 Å². The van der Waals surface area contributed by atoms with Gasteiger partial charge in [0, 0.05) is 44.6 Å². The molecule has 1 heterocycles. The standard InChI is InChI=1S/C4H6N2S.Y/c7-2-4-1-5-3-6-4;/h1,3,7H,2H2,(H,5,6);/p-1. The molecule has 0 atom stereocenters. The van der Waals surface area contributed by atoms with Gasteiger partial charge in [-0.2, -0.15) is 0 Å². The van der Waals surface area contributed by atoms with Crippen molar-refractivity contribution in [2.24, 2.45) is 0 Å². The van der Waals surface area contributed by atoms with Crippen LogP contribution in [-0.2, 0) is 51.1 Å². The van der Waals surface area contributed by atoms with E-state index in [0.717, 1.165) is 5.69 Å². The Morgan fingerprint density at radius 1 is 1.75 bits per heavy atom. The molecule has 0 aliphatic heterocycles. The molecule has 4 heteroatoms. The molecule has 2 nitrogen and oxygen atoms in total. The molecule has 0 bridgehead atoms. The van der Waals surface area contributed by atoms with Gasteiger partial charge in [0.1, 0.15) is 0 Å². The Morgan fingerprint density at radius 3 is 2.75 bits per heavy atom. The molecular weight excluding hydrogens is 197 g/mol. The molecule has 0 aliphatic rings. The Labute approximate surface area is 78.8 Å². The summed E-state index contributed by atoms with van der Waals surface area (Å²) in [5.41, 5.74) is 1.01. The molecule has 0 saturated carbocycles. The van der Waals surface area contributed by atoms with Gasteiger partial charge in [-0.05, 0) is 0 Å². The first kappa shape index (κ1) is 8.66. The number of nitrogens with zero attached hydrogens (tertiary/aromatic N) is 1. The van der Waals surface area contributed by atoms with E-state index in [1.165, 1.54) is 0 Å². The van der Waals surface area contributed by atoms with E-state index in [2.05, 4.69) is 9.97 Å². The molecule has 0 unspecified atom stereocenters. The topological polar surface area (TPSA) is 28.7 Å². The Balaban J connectivity index is 0.000000490. The van der Waals surface area contributed by atoms with Gasteiger partial charge in [0.2, 0.25) is 0 Å². The molecule has 41 valence electrons. The maximum absolute atomic E-state index is 4.70. The maximum atomic E-state index is 4.70. The first-order valence-corrected chi connectivity index (χ1v) is 2.56. The molecular formula is C4H5N2SY-. The number of aromatic nitrogens is 2. The summed E-state index contributed by atoms with van der Waals surface area (Å²) < 4.78 is 0. The summed E-state index contributed by atoms with van der Waals surface area (Å²) in [6.45, 7) is 0. The second-order valence-corrected chi connectivity index (χ2v) is 1.51. The summed E-state index contributed by atoms with van der Waals surface area (Å²) in [5, 5.41) is 0. The van der Waals surface area contributed by atoms with E-state index >= 15 is 0 Å². The predicted molar refractivity (Wildman–Crippen MR) is 29.7 cm³/mol. The minimum Gasteiger partial charge on any atom is -0.787 e. The average molecular weight is 202 g/mol. The van der Waals surface area contributed by atoms with Crippen LogP contribution in [0.5, 0.6) is 0 Å². The van der Waals surface area contributed by atoms with E-state index in [1.807, 2.05) is 0 Å². The van der Waals surface area contributed by atoms with Crippen LogP contribution in [0.15, 0.2) is 12.5 Å². The molecule has 0 aromatic carbocycles. The van der Waals surface area contributed by atoms with Crippen molar-refractivity contribution in [2.45, 2.75) is 5.75 Å². The second-order valence-electron chi connectivity index (χ2n) is 1.22. The normalized spacial score (nSPS) is 8.12. The van der Waals surface area contributed by atoms with Crippen LogP contribution in [0.25, 0.3) is 0 Å². The minimum absolute atomic E-state index is 0. The fourth-order valence-corrected chi connectivity index (χ4v) is 0.521. The smallest absolute Gasteiger partial charge is 0.0921 e. The van der Waals surface area contributed by atoms with Crippen molar-refractivity contribution < 1.29 is 32.7 Å². The second kappa shape index (κ2) is 4.53. The Bertz CT molecular complexity index is 129. The van der Waals surface area contributed by atoms with Crippen molar-refractivity contribution in [1.29, 1.82) is 0 Å². The summed E-state index contributed by atoms with van der Waals surface area (Å²) in [7, 11) is 0. The quantitative estimate of drug-likeness (QED) is 0.670. The van der Waals surface area contributed by atoms with Crippen molar-refractivity contribution in [3.05, 3.63) is 18.2 Å². The third-order valence-corrected chi connectivity index (χ3v) is 1.02. The van der Waals surface area contributed by atoms with Crippen molar-refractivity contribution in [2.75, 3.05) is 0 Å². The fourth-order valence-electron chi connectivity index (χ4n) is 0.364. The van der Waals surface area contributed by atoms with Gasteiger partial charge in [-0.25, -0.2) is 4.98 Å². The third-order valence-electron chi connectivity index (χ3n) is 0.710. The van der Waals surface area contributed by atoms with Crippen LogP contribution in [0.3, 0.4) is 0 Å². The van der Waals surface area contributed by atoms with Gasteiger partial charge in [0.05, 0.1) is 6.33 Å². The van der Waals surface area contributed by atoms with Crippen LogP contribution in [0, 0.1) is 0 Å². The van der Waals surface area contributed by atoms with E-state index in [4.69, 9.17) is 12.6 Å². The number of aromatic amines is 1. The molecule has 0 spiro atoms. The molecule has 1 rings (SSSR count). The number of hydrogen-bond acceptors (Lipinski definition) is 2. The van der Waals surface area contributed by atoms with Crippen LogP contribution in [0.4, 0.5) is 0 Å². The number of nitrogens with one attached hydrogen (secondary N) is 1. The molecule has 1 aromatic heterocycles.